The van der Waals surface area contributed by atoms with Crippen LogP contribution >= 0.6 is 11.6 Å². The average molecular weight is 184 g/mol. The molecule has 0 N–H and O–H groups in total. The van der Waals surface area contributed by atoms with Crippen molar-refractivity contribution in [3.8, 4) is 5.75 Å². The highest BCUT2D eigenvalue weighted by molar-refractivity contribution is 6.30. The van der Waals surface area contributed by atoms with Gasteiger partial charge >= 0.3 is 0 Å². The molecule has 0 heterocycles. The summed E-state index contributed by atoms with van der Waals surface area (Å²) in [5, 5.41) is 0.644. The van der Waals surface area contributed by atoms with Gasteiger partial charge in [0.25, 0.3) is 0 Å². The van der Waals surface area contributed by atoms with Gasteiger partial charge in [0.1, 0.15) is 5.75 Å². The number of halogens is 1. The smallest absolute Gasteiger partial charge is 0.242 e. The number of ether oxygens (including phenoxy) is 1. The third-order valence-electron chi connectivity index (χ3n) is 1.29. The van der Waals surface area contributed by atoms with E-state index in [1.54, 1.807) is 37.5 Å². The van der Waals surface area contributed by atoms with Crippen LogP contribution in [0.2, 0.25) is 5.02 Å². The molecule has 0 aromatic heterocycles. The molecule has 1 unspecified atom stereocenters. The average Bonchev–Trinajstić information content (AvgIpc) is 2.09. The first-order valence-corrected chi connectivity index (χ1v) is 3.90. The number of hydrogen-bond acceptors (Lipinski definition) is 2. The fourth-order valence-corrected chi connectivity index (χ4v) is 0.867. The van der Waals surface area contributed by atoms with Gasteiger partial charge in [-0.3, -0.25) is 4.79 Å². The summed E-state index contributed by atoms with van der Waals surface area (Å²) < 4.78 is 5.14. The van der Waals surface area contributed by atoms with E-state index in [2.05, 4.69) is 0 Å². The number of hydrogen-bond donors (Lipinski definition) is 0. The molecule has 0 aliphatic carbocycles. The van der Waals surface area contributed by atoms with Crippen LogP contribution in [0.25, 0.3) is 0 Å². The molecule has 0 fully saturated rings. The molecule has 0 aliphatic rings. The predicted octanol–water partition coefficient (Wildman–Crippen LogP) is 2.22. The monoisotopic (exact) mass is 183 g/mol. The maximum atomic E-state index is 10.1. The number of carbonyl (C=O) groups excluding carboxylic acids is 1. The highest BCUT2D eigenvalue weighted by Crippen LogP contribution is 2.16. The summed E-state index contributed by atoms with van der Waals surface area (Å²) in [5.41, 5.74) is 0. The van der Waals surface area contributed by atoms with Crippen LogP contribution in [0.5, 0.6) is 5.75 Å². The summed E-state index contributed by atoms with van der Waals surface area (Å²) in [7, 11) is 0. The number of rotatable bonds is 3. The second-order valence-corrected chi connectivity index (χ2v) is 2.77. The van der Waals surface area contributed by atoms with E-state index in [0.29, 0.717) is 10.8 Å². The standard InChI is InChI=1S/C9H8ClO2/c1-7(6-11)12-9-4-2-8(10)3-5-9/h2-5,7H,1H3. The minimum atomic E-state index is -0.536. The van der Waals surface area contributed by atoms with Crippen molar-refractivity contribution in [1.29, 1.82) is 0 Å². The molecule has 2 nitrogen and oxygen atoms in total. The van der Waals surface area contributed by atoms with Gasteiger partial charge in [-0.25, -0.2) is 0 Å². The number of benzene rings is 1. The van der Waals surface area contributed by atoms with Crippen molar-refractivity contribution in [1.82, 2.24) is 0 Å². The zero-order valence-electron chi connectivity index (χ0n) is 6.58. The molecule has 0 aliphatic heterocycles. The predicted molar refractivity (Wildman–Crippen MR) is 47.2 cm³/mol. The van der Waals surface area contributed by atoms with Crippen LogP contribution in [-0.4, -0.2) is 12.4 Å². The molecule has 0 saturated heterocycles. The fraction of sp³-hybridized carbons (Fsp3) is 0.222. The van der Waals surface area contributed by atoms with E-state index >= 15 is 0 Å². The largest absolute Gasteiger partial charge is 0.482 e. The fourth-order valence-electron chi connectivity index (χ4n) is 0.741. The van der Waals surface area contributed by atoms with Crippen LogP contribution in [0, 0.1) is 0 Å². The Labute approximate surface area is 76.1 Å². The van der Waals surface area contributed by atoms with Gasteiger partial charge in [0.15, 0.2) is 6.10 Å². The Bertz CT molecular complexity index is 256. The van der Waals surface area contributed by atoms with Crippen molar-refractivity contribution in [2.75, 3.05) is 0 Å². The molecule has 1 aromatic rings. The van der Waals surface area contributed by atoms with Crippen LogP contribution < -0.4 is 4.74 Å². The zero-order valence-corrected chi connectivity index (χ0v) is 7.34. The summed E-state index contributed by atoms with van der Waals surface area (Å²) in [6.45, 7) is 1.63. The van der Waals surface area contributed by atoms with Crippen LogP contribution in [0.1, 0.15) is 6.92 Å². The molecule has 1 atom stereocenters. The first-order valence-electron chi connectivity index (χ1n) is 3.52. The van der Waals surface area contributed by atoms with Crippen LogP contribution in [0.3, 0.4) is 0 Å². The lowest BCUT2D eigenvalue weighted by molar-refractivity contribution is 0.278. The highest BCUT2D eigenvalue weighted by atomic mass is 35.5. The summed E-state index contributed by atoms with van der Waals surface area (Å²) in [6.07, 6.45) is 1.19. The molecule has 0 spiro atoms. The lowest BCUT2D eigenvalue weighted by atomic mass is 10.3. The summed E-state index contributed by atoms with van der Waals surface area (Å²) in [4.78, 5) is 10.1. The summed E-state index contributed by atoms with van der Waals surface area (Å²) >= 11 is 5.65. The Morgan fingerprint density at radius 1 is 1.42 bits per heavy atom. The lowest BCUT2D eigenvalue weighted by Gasteiger charge is -2.06. The Morgan fingerprint density at radius 3 is 2.50 bits per heavy atom. The Kier molecular flexibility index (Phi) is 3.11. The molecule has 1 radical (unpaired) electrons. The minimum Gasteiger partial charge on any atom is -0.482 e. The molecular weight excluding hydrogens is 176 g/mol. The van der Waals surface area contributed by atoms with Crippen molar-refractivity contribution in [3.05, 3.63) is 29.3 Å². The van der Waals surface area contributed by atoms with Crippen LogP contribution in [0.15, 0.2) is 24.3 Å². The Balaban J connectivity index is 2.64. The van der Waals surface area contributed by atoms with Crippen molar-refractivity contribution in [2.45, 2.75) is 13.0 Å². The Hall–Kier alpha value is -1.02. The van der Waals surface area contributed by atoms with Gasteiger partial charge in [0, 0.05) is 5.02 Å². The van der Waals surface area contributed by atoms with Gasteiger partial charge in [-0.15, -0.1) is 0 Å². The topological polar surface area (TPSA) is 26.3 Å². The summed E-state index contributed by atoms with van der Waals surface area (Å²) in [5.74, 6) is 0.621. The second-order valence-electron chi connectivity index (χ2n) is 2.33. The molecule has 0 bridgehead atoms. The van der Waals surface area contributed by atoms with E-state index in [4.69, 9.17) is 16.3 Å². The van der Waals surface area contributed by atoms with Crippen molar-refractivity contribution >= 4 is 17.9 Å². The van der Waals surface area contributed by atoms with E-state index in [0.717, 1.165) is 0 Å². The first kappa shape index (κ1) is 9.07. The zero-order chi connectivity index (χ0) is 8.97. The molecule has 63 valence electrons. The van der Waals surface area contributed by atoms with Gasteiger partial charge in [-0.2, -0.15) is 0 Å². The van der Waals surface area contributed by atoms with Gasteiger partial charge < -0.3 is 4.74 Å². The minimum absolute atomic E-state index is 0.536. The van der Waals surface area contributed by atoms with E-state index < -0.39 is 6.10 Å². The van der Waals surface area contributed by atoms with E-state index in [9.17, 15) is 4.79 Å². The van der Waals surface area contributed by atoms with E-state index in [-0.39, 0.29) is 0 Å². The first-order chi connectivity index (χ1) is 5.72. The maximum absolute atomic E-state index is 10.1. The molecule has 3 heteroatoms. The van der Waals surface area contributed by atoms with E-state index in [1.165, 1.54) is 0 Å². The van der Waals surface area contributed by atoms with Gasteiger partial charge in [0.2, 0.25) is 6.29 Å². The molecule has 12 heavy (non-hydrogen) atoms. The normalized spacial score (nSPS) is 12.2. The SMILES string of the molecule is CC([C]=O)Oc1ccc(Cl)cc1. The molecule has 1 aromatic carbocycles. The van der Waals surface area contributed by atoms with Crippen LogP contribution in [-0.2, 0) is 4.79 Å². The van der Waals surface area contributed by atoms with Crippen molar-refractivity contribution in [2.24, 2.45) is 0 Å². The van der Waals surface area contributed by atoms with E-state index in [1.807, 2.05) is 0 Å². The van der Waals surface area contributed by atoms with Crippen molar-refractivity contribution < 1.29 is 9.53 Å². The molecule has 0 amide bonds. The third kappa shape index (κ3) is 2.55. The highest BCUT2D eigenvalue weighted by Gasteiger charge is 2.01. The van der Waals surface area contributed by atoms with Gasteiger partial charge in [-0.1, -0.05) is 11.6 Å². The summed E-state index contributed by atoms with van der Waals surface area (Å²) in [6, 6.07) is 6.81. The second kappa shape index (κ2) is 4.12. The molecule has 0 saturated carbocycles. The molecular formula is C9H8ClO2. The quantitative estimate of drug-likeness (QED) is 0.718. The lowest BCUT2D eigenvalue weighted by Crippen LogP contribution is -2.12. The van der Waals surface area contributed by atoms with Crippen molar-refractivity contribution in [3.63, 3.8) is 0 Å². The maximum Gasteiger partial charge on any atom is 0.242 e. The van der Waals surface area contributed by atoms with Gasteiger partial charge in [0.05, 0.1) is 0 Å². The third-order valence-corrected chi connectivity index (χ3v) is 1.54. The Morgan fingerprint density at radius 2 is 2.00 bits per heavy atom. The molecule has 1 rings (SSSR count). The van der Waals surface area contributed by atoms with Gasteiger partial charge in [-0.05, 0) is 31.2 Å². The van der Waals surface area contributed by atoms with Crippen LogP contribution in [0.4, 0.5) is 0 Å².